The van der Waals surface area contributed by atoms with Gasteiger partial charge in [-0.1, -0.05) is 6.07 Å². The number of aryl methyl sites for hydroxylation is 1. The Balaban J connectivity index is 1.89. The molecule has 0 amide bonds. The van der Waals surface area contributed by atoms with E-state index >= 15 is 0 Å². The van der Waals surface area contributed by atoms with Crippen LogP contribution in [0.3, 0.4) is 0 Å². The Morgan fingerprint density at radius 3 is 2.76 bits per heavy atom. The molecule has 3 heteroatoms. The van der Waals surface area contributed by atoms with Crippen LogP contribution in [0.2, 0.25) is 0 Å². The number of thiazole rings is 1. The SMILES string of the molecule is Cc1nc2ccc(C3CCC(N)CC3)cc2s1. The van der Waals surface area contributed by atoms with Gasteiger partial charge in [-0.15, -0.1) is 11.3 Å². The van der Waals surface area contributed by atoms with E-state index in [-0.39, 0.29) is 0 Å². The maximum atomic E-state index is 5.96. The van der Waals surface area contributed by atoms with Gasteiger partial charge in [0.15, 0.2) is 0 Å². The Kier molecular flexibility index (Phi) is 2.89. The monoisotopic (exact) mass is 246 g/mol. The Morgan fingerprint density at radius 2 is 2.00 bits per heavy atom. The topological polar surface area (TPSA) is 38.9 Å². The maximum absolute atomic E-state index is 5.96. The average Bonchev–Trinajstić information content (AvgIpc) is 2.69. The number of hydrogen-bond acceptors (Lipinski definition) is 3. The molecule has 1 fully saturated rings. The Bertz CT molecular complexity index is 524. The number of benzene rings is 1. The first kappa shape index (κ1) is 11.2. The number of hydrogen-bond donors (Lipinski definition) is 1. The molecule has 2 nitrogen and oxygen atoms in total. The fraction of sp³-hybridized carbons (Fsp3) is 0.500. The van der Waals surface area contributed by atoms with E-state index in [0.717, 1.165) is 10.5 Å². The Labute approximate surface area is 106 Å². The molecule has 0 spiro atoms. The summed E-state index contributed by atoms with van der Waals surface area (Å²) in [5.41, 5.74) is 8.58. The molecule has 2 aromatic rings. The van der Waals surface area contributed by atoms with Gasteiger partial charge in [-0.05, 0) is 56.2 Å². The average molecular weight is 246 g/mol. The molecular formula is C14H18N2S. The van der Waals surface area contributed by atoms with Crippen LogP contribution in [0.5, 0.6) is 0 Å². The van der Waals surface area contributed by atoms with Crippen molar-refractivity contribution in [3.63, 3.8) is 0 Å². The van der Waals surface area contributed by atoms with Crippen LogP contribution in [0, 0.1) is 6.92 Å². The fourth-order valence-corrected chi connectivity index (χ4v) is 3.64. The van der Waals surface area contributed by atoms with Crippen molar-refractivity contribution < 1.29 is 0 Å². The zero-order valence-corrected chi connectivity index (χ0v) is 11.0. The van der Waals surface area contributed by atoms with Crippen molar-refractivity contribution in [2.75, 3.05) is 0 Å². The summed E-state index contributed by atoms with van der Waals surface area (Å²) in [6.45, 7) is 2.07. The summed E-state index contributed by atoms with van der Waals surface area (Å²) < 4.78 is 1.33. The van der Waals surface area contributed by atoms with Crippen molar-refractivity contribution >= 4 is 21.6 Å². The van der Waals surface area contributed by atoms with E-state index in [1.807, 2.05) is 0 Å². The van der Waals surface area contributed by atoms with Crippen LogP contribution in [0.1, 0.15) is 42.2 Å². The summed E-state index contributed by atoms with van der Waals surface area (Å²) >= 11 is 1.80. The third-order valence-corrected chi connectivity index (χ3v) is 4.70. The highest BCUT2D eigenvalue weighted by molar-refractivity contribution is 7.18. The second kappa shape index (κ2) is 4.39. The van der Waals surface area contributed by atoms with Gasteiger partial charge in [0.05, 0.1) is 15.2 Å². The Hall–Kier alpha value is -0.930. The molecule has 1 aliphatic carbocycles. The lowest BCUT2D eigenvalue weighted by Gasteiger charge is -2.26. The molecule has 0 atom stereocenters. The molecular weight excluding hydrogens is 228 g/mol. The van der Waals surface area contributed by atoms with Crippen LogP contribution < -0.4 is 5.73 Å². The highest BCUT2D eigenvalue weighted by Crippen LogP contribution is 2.34. The molecule has 2 N–H and O–H groups in total. The van der Waals surface area contributed by atoms with E-state index in [1.54, 1.807) is 11.3 Å². The van der Waals surface area contributed by atoms with Crippen molar-refractivity contribution in [1.82, 2.24) is 4.98 Å². The smallest absolute Gasteiger partial charge is 0.0907 e. The van der Waals surface area contributed by atoms with Gasteiger partial charge < -0.3 is 5.73 Å². The van der Waals surface area contributed by atoms with E-state index in [1.165, 1.54) is 35.9 Å². The number of aromatic nitrogens is 1. The molecule has 1 saturated carbocycles. The van der Waals surface area contributed by atoms with E-state index in [4.69, 9.17) is 5.73 Å². The Morgan fingerprint density at radius 1 is 1.24 bits per heavy atom. The van der Waals surface area contributed by atoms with Crippen LogP contribution in [-0.4, -0.2) is 11.0 Å². The zero-order chi connectivity index (χ0) is 11.8. The van der Waals surface area contributed by atoms with Gasteiger partial charge in [-0.3, -0.25) is 0 Å². The molecule has 1 aromatic carbocycles. The molecule has 0 bridgehead atoms. The quantitative estimate of drug-likeness (QED) is 0.835. The van der Waals surface area contributed by atoms with Crippen molar-refractivity contribution in [2.24, 2.45) is 5.73 Å². The summed E-state index contributed by atoms with van der Waals surface area (Å²) in [6, 6.07) is 7.19. The van der Waals surface area contributed by atoms with Crippen molar-refractivity contribution in [2.45, 2.75) is 44.6 Å². The van der Waals surface area contributed by atoms with Gasteiger partial charge in [0, 0.05) is 6.04 Å². The van der Waals surface area contributed by atoms with E-state index < -0.39 is 0 Å². The van der Waals surface area contributed by atoms with Crippen molar-refractivity contribution in [3.05, 3.63) is 28.8 Å². The second-order valence-electron chi connectivity index (χ2n) is 5.07. The third kappa shape index (κ3) is 2.22. The lowest BCUT2D eigenvalue weighted by molar-refractivity contribution is 0.396. The standard InChI is InChI=1S/C14H18N2S/c1-9-16-13-7-4-11(8-14(13)17-9)10-2-5-12(15)6-3-10/h4,7-8,10,12H,2-3,5-6,15H2,1H3. The van der Waals surface area contributed by atoms with Crippen molar-refractivity contribution in [3.8, 4) is 0 Å². The van der Waals surface area contributed by atoms with Crippen LogP contribution in [0.15, 0.2) is 18.2 Å². The first-order valence-electron chi connectivity index (χ1n) is 6.35. The minimum absolute atomic E-state index is 0.431. The van der Waals surface area contributed by atoms with Crippen LogP contribution >= 0.6 is 11.3 Å². The molecule has 1 aliphatic rings. The lowest BCUT2D eigenvalue weighted by Crippen LogP contribution is -2.25. The first-order valence-corrected chi connectivity index (χ1v) is 7.16. The molecule has 0 radical (unpaired) electrons. The third-order valence-electron chi connectivity index (χ3n) is 3.76. The first-order chi connectivity index (χ1) is 8.22. The van der Waals surface area contributed by atoms with Gasteiger partial charge in [-0.25, -0.2) is 4.98 Å². The summed E-state index contributed by atoms with van der Waals surface area (Å²) in [4.78, 5) is 4.51. The highest BCUT2D eigenvalue weighted by atomic mass is 32.1. The van der Waals surface area contributed by atoms with E-state index in [2.05, 4.69) is 30.1 Å². The summed E-state index contributed by atoms with van der Waals surface area (Å²) in [5, 5.41) is 1.16. The molecule has 1 heterocycles. The number of fused-ring (bicyclic) bond motifs is 1. The summed E-state index contributed by atoms with van der Waals surface area (Å²) in [5.74, 6) is 0.710. The predicted octanol–water partition coefficient (Wildman–Crippen LogP) is 3.59. The van der Waals surface area contributed by atoms with Gasteiger partial charge in [0.2, 0.25) is 0 Å². The van der Waals surface area contributed by atoms with Gasteiger partial charge in [-0.2, -0.15) is 0 Å². The minimum Gasteiger partial charge on any atom is -0.328 e. The normalized spacial score (nSPS) is 25.3. The highest BCUT2D eigenvalue weighted by Gasteiger charge is 2.20. The minimum atomic E-state index is 0.431. The molecule has 90 valence electrons. The van der Waals surface area contributed by atoms with Crippen LogP contribution in [-0.2, 0) is 0 Å². The van der Waals surface area contributed by atoms with Crippen molar-refractivity contribution in [1.29, 1.82) is 0 Å². The summed E-state index contributed by atoms with van der Waals surface area (Å²) in [7, 11) is 0. The number of nitrogens with zero attached hydrogens (tertiary/aromatic N) is 1. The number of rotatable bonds is 1. The summed E-state index contributed by atoms with van der Waals surface area (Å²) in [6.07, 6.45) is 4.82. The largest absolute Gasteiger partial charge is 0.328 e. The number of nitrogens with two attached hydrogens (primary N) is 1. The van der Waals surface area contributed by atoms with Gasteiger partial charge in [0.1, 0.15) is 0 Å². The fourth-order valence-electron chi connectivity index (χ4n) is 2.76. The maximum Gasteiger partial charge on any atom is 0.0907 e. The molecule has 0 unspecified atom stereocenters. The second-order valence-corrected chi connectivity index (χ2v) is 6.31. The molecule has 0 saturated heterocycles. The molecule has 3 rings (SSSR count). The predicted molar refractivity (Wildman–Crippen MR) is 73.5 cm³/mol. The molecule has 0 aliphatic heterocycles. The van der Waals surface area contributed by atoms with Crippen LogP contribution in [0.4, 0.5) is 0 Å². The van der Waals surface area contributed by atoms with E-state index in [0.29, 0.717) is 12.0 Å². The van der Waals surface area contributed by atoms with Gasteiger partial charge >= 0.3 is 0 Å². The van der Waals surface area contributed by atoms with E-state index in [9.17, 15) is 0 Å². The zero-order valence-electron chi connectivity index (χ0n) is 10.1. The molecule has 1 aromatic heterocycles. The lowest BCUT2D eigenvalue weighted by atomic mass is 9.82. The van der Waals surface area contributed by atoms with Gasteiger partial charge in [0.25, 0.3) is 0 Å². The van der Waals surface area contributed by atoms with Crippen LogP contribution in [0.25, 0.3) is 10.2 Å². The molecule has 17 heavy (non-hydrogen) atoms.